The lowest BCUT2D eigenvalue weighted by Crippen LogP contribution is -2.39. The summed E-state index contributed by atoms with van der Waals surface area (Å²) in [5.74, 6) is 0.0104. The molecule has 0 radical (unpaired) electrons. The van der Waals surface area contributed by atoms with Crippen LogP contribution in [0.5, 0.6) is 0 Å². The molecule has 3 heterocycles. The van der Waals surface area contributed by atoms with Crippen molar-refractivity contribution < 1.29 is 4.79 Å². The molecule has 19 heavy (non-hydrogen) atoms. The van der Waals surface area contributed by atoms with Gasteiger partial charge in [0, 0.05) is 36.9 Å². The highest BCUT2D eigenvalue weighted by atomic mass is 35.5. The highest BCUT2D eigenvalue weighted by molar-refractivity contribution is 6.30. The van der Waals surface area contributed by atoms with E-state index in [-0.39, 0.29) is 5.91 Å². The fourth-order valence-corrected chi connectivity index (χ4v) is 3.23. The first-order valence-electron chi connectivity index (χ1n) is 6.89. The van der Waals surface area contributed by atoms with Gasteiger partial charge in [-0.05, 0) is 37.9 Å². The van der Waals surface area contributed by atoms with Crippen molar-refractivity contribution in [3.05, 3.63) is 29.0 Å². The number of nitrogens with zero attached hydrogens (tertiary/aromatic N) is 3. The van der Waals surface area contributed by atoms with Crippen molar-refractivity contribution in [3.8, 4) is 0 Å². The number of carbonyl (C=O) groups is 1. The van der Waals surface area contributed by atoms with Crippen molar-refractivity contribution in [2.24, 2.45) is 0 Å². The van der Waals surface area contributed by atoms with Crippen molar-refractivity contribution in [1.29, 1.82) is 0 Å². The molecule has 1 aromatic rings. The molecule has 1 atom stereocenters. The summed E-state index contributed by atoms with van der Waals surface area (Å²) in [7, 11) is 0. The van der Waals surface area contributed by atoms with E-state index in [0.717, 1.165) is 26.1 Å². The molecule has 0 bridgehead atoms. The quantitative estimate of drug-likeness (QED) is 0.789. The van der Waals surface area contributed by atoms with E-state index in [1.165, 1.54) is 19.4 Å². The molecule has 0 N–H and O–H groups in total. The minimum Gasteiger partial charge on any atom is -0.336 e. The zero-order chi connectivity index (χ0) is 13.2. The van der Waals surface area contributed by atoms with Gasteiger partial charge < -0.3 is 4.90 Å². The lowest BCUT2D eigenvalue weighted by atomic mass is 10.2. The molecule has 102 valence electrons. The van der Waals surface area contributed by atoms with Crippen molar-refractivity contribution in [2.45, 2.75) is 25.3 Å². The Morgan fingerprint density at radius 3 is 3.00 bits per heavy atom. The van der Waals surface area contributed by atoms with Crippen LogP contribution >= 0.6 is 11.6 Å². The number of halogens is 1. The Morgan fingerprint density at radius 1 is 1.32 bits per heavy atom. The minimum absolute atomic E-state index is 0.0104. The Hall–Kier alpha value is -1.13. The SMILES string of the molecule is O=C(c1cc(Cl)ccn1)N1CCCN2CCCC2C1. The molecule has 2 aliphatic rings. The van der Waals surface area contributed by atoms with E-state index in [1.54, 1.807) is 18.3 Å². The topological polar surface area (TPSA) is 36.4 Å². The third-order valence-electron chi connectivity index (χ3n) is 4.03. The molecule has 3 rings (SSSR count). The summed E-state index contributed by atoms with van der Waals surface area (Å²) in [5.41, 5.74) is 0.457. The van der Waals surface area contributed by atoms with Crippen molar-refractivity contribution >= 4 is 17.5 Å². The van der Waals surface area contributed by atoms with E-state index in [2.05, 4.69) is 9.88 Å². The fraction of sp³-hybridized carbons (Fsp3) is 0.571. The van der Waals surface area contributed by atoms with E-state index in [1.807, 2.05) is 4.90 Å². The summed E-state index contributed by atoms with van der Waals surface area (Å²) in [6.45, 7) is 3.94. The zero-order valence-electron chi connectivity index (χ0n) is 10.9. The molecule has 0 saturated carbocycles. The smallest absolute Gasteiger partial charge is 0.272 e. The molecule has 2 saturated heterocycles. The second-order valence-electron chi connectivity index (χ2n) is 5.30. The van der Waals surface area contributed by atoms with Crippen LogP contribution in [0.4, 0.5) is 0 Å². The maximum absolute atomic E-state index is 12.5. The predicted octanol–water partition coefficient (Wildman–Crippen LogP) is 2.05. The van der Waals surface area contributed by atoms with Gasteiger partial charge in [0.2, 0.25) is 0 Å². The molecule has 0 aromatic carbocycles. The second kappa shape index (κ2) is 5.47. The van der Waals surface area contributed by atoms with Crippen molar-refractivity contribution in [2.75, 3.05) is 26.2 Å². The van der Waals surface area contributed by atoms with Crippen LogP contribution in [0.25, 0.3) is 0 Å². The van der Waals surface area contributed by atoms with E-state index >= 15 is 0 Å². The van der Waals surface area contributed by atoms with Gasteiger partial charge >= 0.3 is 0 Å². The van der Waals surface area contributed by atoms with Gasteiger partial charge in [-0.15, -0.1) is 0 Å². The molecule has 4 nitrogen and oxygen atoms in total. The van der Waals surface area contributed by atoms with Crippen LogP contribution in [-0.4, -0.2) is 52.9 Å². The van der Waals surface area contributed by atoms with Crippen molar-refractivity contribution in [1.82, 2.24) is 14.8 Å². The van der Waals surface area contributed by atoms with Crippen LogP contribution in [0.3, 0.4) is 0 Å². The number of pyridine rings is 1. The lowest BCUT2D eigenvalue weighted by molar-refractivity contribution is 0.0737. The molecular formula is C14H18ClN3O. The zero-order valence-corrected chi connectivity index (χ0v) is 11.6. The summed E-state index contributed by atoms with van der Waals surface area (Å²) in [6, 6.07) is 3.88. The van der Waals surface area contributed by atoms with Crippen molar-refractivity contribution in [3.63, 3.8) is 0 Å². The number of rotatable bonds is 1. The normalized spacial score (nSPS) is 24.1. The van der Waals surface area contributed by atoms with Crippen LogP contribution in [0, 0.1) is 0 Å². The molecule has 5 heteroatoms. The van der Waals surface area contributed by atoms with Crippen LogP contribution in [-0.2, 0) is 0 Å². The van der Waals surface area contributed by atoms with Crippen LogP contribution in [0.1, 0.15) is 29.8 Å². The highest BCUT2D eigenvalue weighted by Gasteiger charge is 2.31. The summed E-state index contributed by atoms with van der Waals surface area (Å²) in [4.78, 5) is 21.1. The predicted molar refractivity (Wildman–Crippen MR) is 74.4 cm³/mol. The minimum atomic E-state index is 0.0104. The molecule has 0 aliphatic carbocycles. The monoisotopic (exact) mass is 279 g/mol. The van der Waals surface area contributed by atoms with E-state index in [0.29, 0.717) is 16.8 Å². The number of carbonyl (C=O) groups excluding carboxylic acids is 1. The molecule has 0 spiro atoms. The molecule has 1 unspecified atom stereocenters. The van der Waals surface area contributed by atoms with Crippen LogP contribution in [0.2, 0.25) is 5.02 Å². The Morgan fingerprint density at radius 2 is 2.16 bits per heavy atom. The van der Waals surface area contributed by atoms with Gasteiger partial charge in [0.05, 0.1) is 0 Å². The summed E-state index contributed by atoms with van der Waals surface area (Å²) in [6.07, 6.45) is 5.09. The average molecular weight is 280 g/mol. The lowest BCUT2D eigenvalue weighted by Gasteiger charge is -2.25. The van der Waals surface area contributed by atoms with Crippen LogP contribution in [0.15, 0.2) is 18.3 Å². The first kappa shape index (κ1) is 12.9. The maximum Gasteiger partial charge on any atom is 0.272 e. The van der Waals surface area contributed by atoms with E-state index in [9.17, 15) is 4.79 Å². The third kappa shape index (κ3) is 2.74. The van der Waals surface area contributed by atoms with Gasteiger partial charge in [0.1, 0.15) is 5.69 Å². The molecule has 2 aliphatic heterocycles. The van der Waals surface area contributed by atoms with Gasteiger partial charge in [-0.1, -0.05) is 11.6 Å². The molecule has 1 amide bonds. The first-order valence-corrected chi connectivity index (χ1v) is 7.27. The standard InChI is InChI=1S/C14H18ClN3O/c15-11-4-5-16-13(9-11)14(19)18-8-2-7-17-6-1-3-12(17)10-18/h4-5,9,12H,1-3,6-8,10H2. The number of hydrogen-bond donors (Lipinski definition) is 0. The third-order valence-corrected chi connectivity index (χ3v) is 4.27. The second-order valence-corrected chi connectivity index (χ2v) is 5.73. The Bertz CT molecular complexity index is 480. The Kier molecular flexibility index (Phi) is 3.71. The summed E-state index contributed by atoms with van der Waals surface area (Å²) >= 11 is 5.93. The van der Waals surface area contributed by atoms with E-state index < -0.39 is 0 Å². The van der Waals surface area contributed by atoms with Gasteiger partial charge in [0.15, 0.2) is 0 Å². The summed E-state index contributed by atoms with van der Waals surface area (Å²) < 4.78 is 0. The van der Waals surface area contributed by atoms with Gasteiger partial charge in [-0.2, -0.15) is 0 Å². The summed E-state index contributed by atoms with van der Waals surface area (Å²) in [5, 5.41) is 0.565. The van der Waals surface area contributed by atoms with Gasteiger partial charge in [-0.25, -0.2) is 0 Å². The Labute approximate surface area is 118 Å². The number of fused-ring (bicyclic) bond motifs is 1. The Balaban J connectivity index is 1.75. The highest BCUT2D eigenvalue weighted by Crippen LogP contribution is 2.22. The number of amides is 1. The maximum atomic E-state index is 12.5. The largest absolute Gasteiger partial charge is 0.336 e. The van der Waals surface area contributed by atoms with Gasteiger partial charge in [-0.3, -0.25) is 14.7 Å². The molecule has 1 aromatic heterocycles. The number of hydrogen-bond acceptors (Lipinski definition) is 3. The number of aromatic nitrogens is 1. The average Bonchev–Trinajstić information content (AvgIpc) is 2.75. The van der Waals surface area contributed by atoms with E-state index in [4.69, 9.17) is 11.6 Å². The van der Waals surface area contributed by atoms with Crippen LogP contribution < -0.4 is 0 Å². The molecular weight excluding hydrogens is 262 g/mol. The fourth-order valence-electron chi connectivity index (χ4n) is 3.07. The molecule has 2 fully saturated rings. The van der Waals surface area contributed by atoms with Gasteiger partial charge in [0.25, 0.3) is 5.91 Å². The first-order chi connectivity index (χ1) is 9.24.